The topological polar surface area (TPSA) is 84.2 Å². The van der Waals surface area contributed by atoms with Crippen LogP contribution in [-0.2, 0) is 16.6 Å². The summed E-state index contributed by atoms with van der Waals surface area (Å²) in [6.07, 6.45) is 2.87. The molecule has 1 aromatic rings. The number of hydrogen-bond donors (Lipinski definition) is 2. The van der Waals surface area contributed by atoms with Gasteiger partial charge in [0.05, 0.1) is 11.6 Å². The molecule has 7 heteroatoms. The third-order valence-corrected chi connectivity index (χ3v) is 3.05. The molecule has 0 aromatic carbocycles. The van der Waals surface area contributed by atoms with E-state index in [1.54, 1.807) is 20.0 Å². The standard InChI is InChI=1S/C12H16ClN3O3/c1-7(12(18)19)6-14-10(17)5-4-9-8(2)15-16(3)11(9)13/h4-5,7H,6H2,1-3H3,(H,14,17)(H,18,19)/b5-4+/t7-/m1/s1. The van der Waals surface area contributed by atoms with Crippen molar-refractivity contribution in [3.8, 4) is 0 Å². The number of nitrogens with one attached hydrogen (secondary N) is 1. The summed E-state index contributed by atoms with van der Waals surface area (Å²) in [7, 11) is 1.71. The van der Waals surface area contributed by atoms with Gasteiger partial charge in [0.2, 0.25) is 5.91 Å². The lowest BCUT2D eigenvalue weighted by Crippen LogP contribution is -2.30. The Balaban J connectivity index is 2.62. The predicted octanol–water partition coefficient (Wildman–Crippen LogP) is 1.23. The van der Waals surface area contributed by atoms with Gasteiger partial charge in [0.15, 0.2) is 0 Å². The van der Waals surface area contributed by atoms with Gasteiger partial charge in [-0.15, -0.1) is 0 Å². The first-order valence-corrected chi connectivity index (χ1v) is 6.08. The third kappa shape index (κ3) is 4.10. The van der Waals surface area contributed by atoms with Crippen LogP contribution in [0.15, 0.2) is 6.08 Å². The van der Waals surface area contributed by atoms with Crippen LogP contribution in [-0.4, -0.2) is 33.3 Å². The number of aliphatic carboxylic acids is 1. The maximum Gasteiger partial charge on any atom is 0.308 e. The molecule has 0 saturated carbocycles. The first-order chi connectivity index (χ1) is 8.82. The van der Waals surface area contributed by atoms with E-state index in [9.17, 15) is 9.59 Å². The molecule has 0 unspecified atom stereocenters. The van der Waals surface area contributed by atoms with Crippen molar-refractivity contribution in [1.82, 2.24) is 15.1 Å². The summed E-state index contributed by atoms with van der Waals surface area (Å²) < 4.78 is 1.51. The van der Waals surface area contributed by atoms with Crippen LogP contribution >= 0.6 is 11.6 Å². The first-order valence-electron chi connectivity index (χ1n) is 5.70. The van der Waals surface area contributed by atoms with Crippen molar-refractivity contribution in [1.29, 1.82) is 0 Å². The molecule has 1 atom stereocenters. The van der Waals surface area contributed by atoms with E-state index in [0.717, 1.165) is 5.69 Å². The second-order valence-corrected chi connectivity index (χ2v) is 4.59. The van der Waals surface area contributed by atoms with Crippen LogP contribution in [0.25, 0.3) is 6.08 Å². The molecule has 2 N–H and O–H groups in total. The van der Waals surface area contributed by atoms with Gasteiger partial charge in [0.1, 0.15) is 5.15 Å². The zero-order valence-corrected chi connectivity index (χ0v) is 11.7. The van der Waals surface area contributed by atoms with E-state index >= 15 is 0 Å². The molecule has 0 fully saturated rings. The Bertz CT molecular complexity index is 523. The van der Waals surface area contributed by atoms with E-state index < -0.39 is 11.9 Å². The van der Waals surface area contributed by atoms with Crippen LogP contribution in [0.1, 0.15) is 18.2 Å². The molecule has 0 radical (unpaired) electrons. The average Bonchev–Trinajstić information content (AvgIpc) is 2.58. The van der Waals surface area contributed by atoms with E-state index in [-0.39, 0.29) is 12.5 Å². The quantitative estimate of drug-likeness (QED) is 0.797. The number of carbonyl (C=O) groups excluding carboxylic acids is 1. The number of rotatable bonds is 5. The van der Waals surface area contributed by atoms with Crippen LogP contribution in [0.3, 0.4) is 0 Å². The normalized spacial score (nSPS) is 12.6. The van der Waals surface area contributed by atoms with Crippen molar-refractivity contribution >= 4 is 29.6 Å². The van der Waals surface area contributed by atoms with E-state index in [1.165, 1.54) is 17.7 Å². The lowest BCUT2D eigenvalue weighted by Gasteiger charge is -2.05. The minimum absolute atomic E-state index is 0.0816. The number of amides is 1. The fraction of sp³-hybridized carbons (Fsp3) is 0.417. The number of hydrogen-bond acceptors (Lipinski definition) is 3. The molecule has 0 aliphatic carbocycles. The summed E-state index contributed by atoms with van der Waals surface area (Å²) >= 11 is 6.01. The van der Waals surface area contributed by atoms with E-state index in [2.05, 4.69) is 10.4 Å². The van der Waals surface area contributed by atoms with Crippen molar-refractivity contribution < 1.29 is 14.7 Å². The SMILES string of the molecule is Cc1nn(C)c(Cl)c1/C=C/C(=O)NC[C@@H](C)C(=O)O. The van der Waals surface area contributed by atoms with Crippen LogP contribution in [0.5, 0.6) is 0 Å². The van der Waals surface area contributed by atoms with Gasteiger partial charge in [-0.25, -0.2) is 0 Å². The van der Waals surface area contributed by atoms with E-state index in [4.69, 9.17) is 16.7 Å². The third-order valence-electron chi connectivity index (χ3n) is 2.60. The van der Waals surface area contributed by atoms with Gasteiger partial charge in [-0.1, -0.05) is 18.5 Å². The molecule has 0 saturated heterocycles. The maximum absolute atomic E-state index is 11.5. The van der Waals surface area contributed by atoms with Crippen molar-refractivity contribution in [3.63, 3.8) is 0 Å². The number of nitrogens with zero attached hydrogens (tertiary/aromatic N) is 2. The predicted molar refractivity (Wildman–Crippen MR) is 71.8 cm³/mol. The fourth-order valence-electron chi connectivity index (χ4n) is 1.39. The van der Waals surface area contributed by atoms with Gasteiger partial charge in [0, 0.05) is 25.2 Å². The van der Waals surface area contributed by atoms with Crippen molar-refractivity contribution in [2.75, 3.05) is 6.54 Å². The molecule has 0 bridgehead atoms. The zero-order chi connectivity index (χ0) is 14.6. The minimum atomic E-state index is -0.949. The molecule has 104 valence electrons. The summed E-state index contributed by atoms with van der Waals surface area (Å²) in [5.41, 5.74) is 1.39. The van der Waals surface area contributed by atoms with Crippen LogP contribution in [0.2, 0.25) is 5.15 Å². The highest BCUT2D eigenvalue weighted by molar-refractivity contribution is 6.31. The second-order valence-electron chi connectivity index (χ2n) is 4.23. The molecule has 1 amide bonds. The maximum atomic E-state index is 11.5. The van der Waals surface area contributed by atoms with Crippen molar-refractivity contribution in [2.45, 2.75) is 13.8 Å². The first kappa shape index (κ1) is 15.2. The van der Waals surface area contributed by atoms with Crippen LogP contribution in [0, 0.1) is 12.8 Å². The average molecular weight is 286 g/mol. The van der Waals surface area contributed by atoms with Crippen molar-refractivity contribution in [2.24, 2.45) is 13.0 Å². The molecule has 1 aromatic heterocycles. The molecular weight excluding hydrogens is 270 g/mol. The van der Waals surface area contributed by atoms with Crippen LogP contribution in [0.4, 0.5) is 0 Å². The second kappa shape index (κ2) is 6.38. The monoisotopic (exact) mass is 285 g/mol. The molecule has 1 heterocycles. The molecular formula is C12H16ClN3O3. The number of carboxylic acid groups (broad SMARTS) is 1. The zero-order valence-electron chi connectivity index (χ0n) is 11.0. The Morgan fingerprint density at radius 2 is 2.21 bits per heavy atom. The highest BCUT2D eigenvalue weighted by atomic mass is 35.5. The minimum Gasteiger partial charge on any atom is -0.481 e. The highest BCUT2D eigenvalue weighted by Gasteiger charge is 2.11. The lowest BCUT2D eigenvalue weighted by molar-refractivity contribution is -0.141. The largest absolute Gasteiger partial charge is 0.481 e. The van der Waals surface area contributed by atoms with Gasteiger partial charge >= 0.3 is 5.97 Å². The molecule has 1 rings (SSSR count). The van der Waals surface area contributed by atoms with E-state index in [1.807, 2.05) is 0 Å². The fourth-order valence-corrected chi connectivity index (χ4v) is 1.63. The van der Waals surface area contributed by atoms with Gasteiger partial charge in [0.25, 0.3) is 0 Å². The number of aromatic nitrogens is 2. The summed E-state index contributed by atoms with van der Waals surface area (Å²) in [4.78, 5) is 22.1. The van der Waals surface area contributed by atoms with Gasteiger partial charge in [-0.3, -0.25) is 14.3 Å². The summed E-state index contributed by atoms with van der Waals surface area (Å²) in [5.74, 6) is -1.94. The van der Waals surface area contributed by atoms with E-state index in [0.29, 0.717) is 10.7 Å². The summed E-state index contributed by atoms with van der Waals surface area (Å²) in [6.45, 7) is 3.39. The van der Waals surface area contributed by atoms with Gasteiger partial charge in [-0.2, -0.15) is 5.10 Å². The molecule has 6 nitrogen and oxygen atoms in total. The number of carboxylic acids is 1. The Hall–Kier alpha value is -1.82. The molecule has 0 spiro atoms. The lowest BCUT2D eigenvalue weighted by atomic mass is 10.2. The number of halogens is 1. The Labute approximate surface area is 116 Å². The summed E-state index contributed by atoms with van der Waals surface area (Å²) in [6, 6.07) is 0. The van der Waals surface area contributed by atoms with Gasteiger partial charge < -0.3 is 10.4 Å². The van der Waals surface area contributed by atoms with Crippen LogP contribution < -0.4 is 5.32 Å². The smallest absolute Gasteiger partial charge is 0.308 e. The van der Waals surface area contributed by atoms with Gasteiger partial charge in [-0.05, 0) is 13.0 Å². The molecule has 0 aliphatic rings. The Kier molecular flexibility index (Phi) is 5.11. The number of aryl methyl sites for hydroxylation is 2. The summed E-state index contributed by atoms with van der Waals surface area (Å²) in [5, 5.41) is 15.7. The Morgan fingerprint density at radius 1 is 1.58 bits per heavy atom. The Morgan fingerprint density at radius 3 is 2.68 bits per heavy atom. The number of carbonyl (C=O) groups is 2. The molecule has 19 heavy (non-hydrogen) atoms. The highest BCUT2D eigenvalue weighted by Crippen LogP contribution is 2.19. The molecule has 0 aliphatic heterocycles. The van der Waals surface area contributed by atoms with Crippen molar-refractivity contribution in [3.05, 3.63) is 22.5 Å².